The van der Waals surface area contributed by atoms with E-state index in [-0.39, 0.29) is 22.4 Å². The van der Waals surface area contributed by atoms with Gasteiger partial charge in [0.05, 0.1) is 5.02 Å². The van der Waals surface area contributed by atoms with Gasteiger partial charge in [0.2, 0.25) is 0 Å². The van der Waals surface area contributed by atoms with Gasteiger partial charge in [0.25, 0.3) is 0 Å². The molecule has 5 heteroatoms. The molecule has 170 valence electrons. The zero-order valence-electron chi connectivity index (χ0n) is 18.6. The van der Waals surface area contributed by atoms with Crippen LogP contribution in [-0.2, 0) is 0 Å². The largest absolute Gasteiger partial charge is 0.508 e. The van der Waals surface area contributed by atoms with Crippen molar-refractivity contribution < 1.29 is 19.0 Å². The van der Waals surface area contributed by atoms with Crippen molar-refractivity contribution in [3.05, 3.63) is 129 Å². The van der Waals surface area contributed by atoms with Crippen molar-refractivity contribution in [2.45, 2.75) is 26.7 Å². The number of halogens is 3. The van der Waals surface area contributed by atoms with Gasteiger partial charge in [-0.3, -0.25) is 0 Å². The summed E-state index contributed by atoms with van der Waals surface area (Å²) in [6.45, 7) is 5.27. The molecule has 0 atom stereocenters. The minimum absolute atomic E-state index is 0.0220. The molecule has 0 heterocycles. The average Bonchev–Trinajstić information content (AvgIpc) is 2.77. The van der Waals surface area contributed by atoms with Crippen LogP contribution in [0.25, 0.3) is 0 Å². The number of rotatable bonds is 3. The highest BCUT2D eigenvalue weighted by atomic mass is 35.5. The monoisotopic (exact) mass is 466 g/mol. The maximum Gasteiger partial charge on any atom is 0.138 e. The number of benzene rings is 4. The number of hydrogen-bond acceptors (Lipinski definition) is 2. The normalized spacial score (nSPS) is 10.6. The van der Waals surface area contributed by atoms with Gasteiger partial charge in [-0.25, -0.2) is 8.78 Å². The second kappa shape index (κ2) is 10.5. The lowest BCUT2D eigenvalue weighted by Gasteiger charge is -2.22. The van der Waals surface area contributed by atoms with Crippen LogP contribution < -0.4 is 0 Å². The van der Waals surface area contributed by atoms with E-state index in [0.717, 1.165) is 16.7 Å². The molecule has 0 aliphatic heterocycles. The Labute approximate surface area is 197 Å². The summed E-state index contributed by atoms with van der Waals surface area (Å²) in [6.07, 6.45) is 0. The molecule has 0 spiro atoms. The third kappa shape index (κ3) is 5.91. The van der Waals surface area contributed by atoms with Gasteiger partial charge in [0.15, 0.2) is 0 Å². The third-order valence-electron chi connectivity index (χ3n) is 5.34. The summed E-state index contributed by atoms with van der Waals surface area (Å²) in [5, 5.41) is 19.5. The Hall–Kier alpha value is -3.37. The first-order chi connectivity index (χ1) is 15.7. The van der Waals surface area contributed by atoms with E-state index in [0.29, 0.717) is 22.4 Å². The number of aryl methyl sites for hydroxylation is 3. The van der Waals surface area contributed by atoms with Crippen LogP contribution in [0.1, 0.15) is 39.3 Å². The van der Waals surface area contributed by atoms with E-state index in [4.69, 9.17) is 16.7 Å². The van der Waals surface area contributed by atoms with Crippen LogP contribution in [0.5, 0.6) is 11.5 Å². The van der Waals surface area contributed by atoms with E-state index in [9.17, 15) is 13.9 Å². The van der Waals surface area contributed by atoms with Crippen molar-refractivity contribution in [3.8, 4) is 11.5 Å². The van der Waals surface area contributed by atoms with Crippen molar-refractivity contribution in [2.75, 3.05) is 0 Å². The Balaban J connectivity index is 0.000000374. The third-order valence-corrected chi connectivity index (χ3v) is 5.62. The summed E-state index contributed by atoms with van der Waals surface area (Å²) in [6, 6.07) is 21.9. The average molecular weight is 467 g/mol. The maximum absolute atomic E-state index is 13.8. The minimum atomic E-state index is -0.397. The zero-order valence-corrected chi connectivity index (χ0v) is 19.4. The van der Waals surface area contributed by atoms with Gasteiger partial charge in [-0.05, 0) is 78.9 Å². The van der Waals surface area contributed by atoms with Gasteiger partial charge < -0.3 is 10.2 Å². The van der Waals surface area contributed by atoms with Crippen LogP contribution in [-0.4, -0.2) is 10.2 Å². The second-order valence-electron chi connectivity index (χ2n) is 7.97. The first kappa shape index (κ1) is 24.3. The van der Waals surface area contributed by atoms with Crippen molar-refractivity contribution in [1.82, 2.24) is 0 Å². The van der Waals surface area contributed by atoms with Crippen molar-refractivity contribution in [3.63, 3.8) is 0 Å². The number of aromatic hydroxyl groups is 2. The van der Waals surface area contributed by atoms with Crippen LogP contribution in [0, 0.1) is 32.4 Å². The summed E-state index contributed by atoms with van der Waals surface area (Å²) in [5.74, 6) is -0.691. The van der Waals surface area contributed by atoms with E-state index in [1.807, 2.05) is 19.1 Å². The van der Waals surface area contributed by atoms with E-state index in [2.05, 4.69) is 0 Å². The Bertz CT molecular complexity index is 1200. The number of phenols is 2. The molecule has 4 aromatic carbocycles. The molecule has 0 unspecified atom stereocenters. The van der Waals surface area contributed by atoms with Crippen LogP contribution in [0.3, 0.4) is 0 Å². The quantitative estimate of drug-likeness (QED) is 0.302. The van der Waals surface area contributed by atoms with Crippen LogP contribution in [0.4, 0.5) is 8.78 Å². The zero-order chi connectivity index (χ0) is 24.1. The molecular formula is C28H25ClF2O2. The van der Waals surface area contributed by atoms with E-state index < -0.39 is 5.92 Å². The molecule has 0 amide bonds. The van der Waals surface area contributed by atoms with E-state index in [1.165, 1.54) is 12.1 Å². The lowest BCUT2D eigenvalue weighted by Crippen LogP contribution is -2.06. The molecule has 0 aromatic heterocycles. The van der Waals surface area contributed by atoms with Gasteiger partial charge in [-0.2, -0.15) is 0 Å². The summed E-state index contributed by atoms with van der Waals surface area (Å²) >= 11 is 6.18. The highest BCUT2D eigenvalue weighted by molar-refractivity contribution is 6.32. The molecule has 0 radical (unpaired) electrons. The molecule has 4 rings (SSSR count). The summed E-state index contributed by atoms with van der Waals surface area (Å²) < 4.78 is 27.5. The van der Waals surface area contributed by atoms with Gasteiger partial charge in [0, 0.05) is 11.5 Å². The lowest BCUT2D eigenvalue weighted by molar-refractivity contribution is 0.467. The predicted octanol–water partition coefficient (Wildman–Crippen LogP) is 7.82. The lowest BCUT2D eigenvalue weighted by atomic mass is 9.83. The van der Waals surface area contributed by atoms with Crippen LogP contribution >= 0.6 is 11.6 Å². The molecule has 33 heavy (non-hydrogen) atoms. The SMILES string of the molecule is Cc1cc(Cl)c(O)c(C(c2ccc(F)c(C)c2)c2ccc(F)c(C)c2)c1.Oc1ccccc1. The van der Waals surface area contributed by atoms with E-state index in [1.54, 1.807) is 68.4 Å². The van der Waals surface area contributed by atoms with Crippen LogP contribution in [0.2, 0.25) is 5.02 Å². The Morgan fingerprint density at radius 2 is 1.21 bits per heavy atom. The fraction of sp³-hybridized carbons (Fsp3) is 0.143. The first-order valence-electron chi connectivity index (χ1n) is 10.4. The Kier molecular flexibility index (Phi) is 7.72. The van der Waals surface area contributed by atoms with Crippen molar-refractivity contribution in [2.24, 2.45) is 0 Å². The summed E-state index contributed by atoms with van der Waals surface area (Å²) in [5.41, 5.74) is 4.10. The molecule has 2 nitrogen and oxygen atoms in total. The van der Waals surface area contributed by atoms with Gasteiger partial charge in [-0.1, -0.05) is 60.1 Å². The molecule has 0 saturated carbocycles. The number of hydrogen-bond donors (Lipinski definition) is 2. The molecule has 0 aliphatic rings. The van der Waals surface area contributed by atoms with Crippen LogP contribution in [0.15, 0.2) is 78.9 Å². The van der Waals surface area contributed by atoms with E-state index >= 15 is 0 Å². The second-order valence-corrected chi connectivity index (χ2v) is 8.38. The fourth-order valence-corrected chi connectivity index (χ4v) is 3.94. The molecule has 0 saturated heterocycles. The Morgan fingerprint density at radius 3 is 1.64 bits per heavy atom. The van der Waals surface area contributed by atoms with Gasteiger partial charge in [-0.15, -0.1) is 0 Å². The molecule has 0 aliphatic carbocycles. The van der Waals surface area contributed by atoms with Gasteiger partial charge in [0.1, 0.15) is 23.1 Å². The Morgan fingerprint density at radius 1 is 0.697 bits per heavy atom. The smallest absolute Gasteiger partial charge is 0.138 e. The van der Waals surface area contributed by atoms with Crippen molar-refractivity contribution in [1.29, 1.82) is 0 Å². The topological polar surface area (TPSA) is 40.5 Å². The highest BCUT2D eigenvalue weighted by Gasteiger charge is 2.23. The number of para-hydroxylation sites is 1. The minimum Gasteiger partial charge on any atom is -0.508 e. The summed E-state index contributed by atoms with van der Waals surface area (Å²) in [4.78, 5) is 0. The van der Waals surface area contributed by atoms with Crippen molar-refractivity contribution >= 4 is 11.6 Å². The first-order valence-corrected chi connectivity index (χ1v) is 10.8. The highest BCUT2D eigenvalue weighted by Crippen LogP contribution is 2.41. The maximum atomic E-state index is 13.8. The number of phenolic OH excluding ortho intramolecular Hbond substituents is 2. The fourth-order valence-electron chi connectivity index (χ4n) is 3.66. The predicted molar refractivity (Wildman–Crippen MR) is 129 cm³/mol. The standard InChI is InChI=1S/C22H19ClF2O.C6H6O/c1-12-8-17(22(26)18(23)9-12)21(15-4-6-19(24)13(2)10-15)16-5-7-20(25)14(3)11-16;7-6-4-2-1-3-5-6/h4-11,21,26H,1-3H3;1-5,7H. The van der Waals surface area contributed by atoms with Gasteiger partial charge >= 0.3 is 0 Å². The molecule has 0 bridgehead atoms. The molecular weight excluding hydrogens is 442 g/mol. The molecule has 4 aromatic rings. The molecule has 0 fully saturated rings. The molecule has 2 N–H and O–H groups in total. The summed E-state index contributed by atoms with van der Waals surface area (Å²) in [7, 11) is 0.